The zero-order chi connectivity index (χ0) is 13.0. The minimum atomic E-state index is -2.87. The minimum Gasteiger partial charge on any atom is -0.381 e. The van der Waals surface area contributed by atoms with Gasteiger partial charge in [-0.2, -0.15) is 0 Å². The maximum Gasteiger partial charge on any atom is 0.152 e. The van der Waals surface area contributed by atoms with Crippen LogP contribution in [-0.2, 0) is 21.2 Å². The molecule has 0 saturated carbocycles. The SMILES string of the molecule is COCc1ccccc1NC1CCCS(=O)(=O)C1. The van der Waals surface area contributed by atoms with E-state index in [2.05, 4.69) is 5.32 Å². The van der Waals surface area contributed by atoms with Gasteiger partial charge in [0.1, 0.15) is 0 Å². The molecule has 100 valence electrons. The lowest BCUT2D eigenvalue weighted by atomic mass is 10.1. The summed E-state index contributed by atoms with van der Waals surface area (Å²) in [6.07, 6.45) is 1.65. The predicted molar refractivity (Wildman–Crippen MR) is 72.5 cm³/mol. The molecule has 1 aromatic rings. The number of anilines is 1. The van der Waals surface area contributed by atoms with Crippen LogP contribution in [0.4, 0.5) is 5.69 Å². The van der Waals surface area contributed by atoms with Gasteiger partial charge in [-0.1, -0.05) is 18.2 Å². The van der Waals surface area contributed by atoms with E-state index < -0.39 is 9.84 Å². The van der Waals surface area contributed by atoms with Crippen molar-refractivity contribution in [1.82, 2.24) is 0 Å². The molecule has 1 heterocycles. The molecule has 2 rings (SSSR count). The summed E-state index contributed by atoms with van der Waals surface area (Å²) in [7, 11) is -1.22. The van der Waals surface area contributed by atoms with Crippen LogP contribution >= 0.6 is 0 Å². The van der Waals surface area contributed by atoms with Crippen molar-refractivity contribution < 1.29 is 13.2 Å². The summed E-state index contributed by atoms with van der Waals surface area (Å²) < 4.78 is 28.3. The molecule has 1 aliphatic rings. The zero-order valence-corrected chi connectivity index (χ0v) is 11.4. The van der Waals surface area contributed by atoms with E-state index in [1.165, 1.54) is 0 Å². The Hall–Kier alpha value is -1.07. The number of hydrogen-bond acceptors (Lipinski definition) is 4. The molecule has 0 aliphatic carbocycles. The molecule has 1 atom stereocenters. The quantitative estimate of drug-likeness (QED) is 0.906. The van der Waals surface area contributed by atoms with E-state index in [4.69, 9.17) is 4.74 Å². The first-order valence-corrected chi connectivity index (χ1v) is 7.97. The van der Waals surface area contributed by atoms with Crippen molar-refractivity contribution in [3.05, 3.63) is 29.8 Å². The van der Waals surface area contributed by atoms with E-state index in [0.717, 1.165) is 24.1 Å². The van der Waals surface area contributed by atoms with Crippen LogP contribution in [0.2, 0.25) is 0 Å². The molecule has 1 N–H and O–H groups in total. The summed E-state index contributed by atoms with van der Waals surface area (Å²) in [5, 5.41) is 3.33. The first-order chi connectivity index (χ1) is 8.61. The maximum absolute atomic E-state index is 11.6. The molecule has 0 bridgehead atoms. The van der Waals surface area contributed by atoms with Gasteiger partial charge in [0.25, 0.3) is 0 Å². The van der Waals surface area contributed by atoms with Gasteiger partial charge in [0.2, 0.25) is 0 Å². The number of ether oxygens (including phenoxy) is 1. The number of hydrogen-bond donors (Lipinski definition) is 1. The lowest BCUT2D eigenvalue weighted by Gasteiger charge is -2.25. The normalized spacial score (nSPS) is 22.6. The fourth-order valence-electron chi connectivity index (χ4n) is 2.30. The van der Waals surface area contributed by atoms with Crippen molar-refractivity contribution in [3.63, 3.8) is 0 Å². The number of methoxy groups -OCH3 is 1. The van der Waals surface area contributed by atoms with Crippen molar-refractivity contribution in [2.45, 2.75) is 25.5 Å². The molecule has 1 unspecified atom stereocenters. The van der Waals surface area contributed by atoms with E-state index >= 15 is 0 Å². The van der Waals surface area contributed by atoms with Crippen LogP contribution < -0.4 is 5.32 Å². The highest BCUT2D eigenvalue weighted by molar-refractivity contribution is 7.91. The third kappa shape index (κ3) is 3.46. The maximum atomic E-state index is 11.6. The Morgan fingerprint density at radius 1 is 1.39 bits per heavy atom. The number of sulfone groups is 1. The van der Waals surface area contributed by atoms with Crippen molar-refractivity contribution in [3.8, 4) is 0 Å². The molecule has 1 aromatic carbocycles. The summed E-state index contributed by atoms with van der Waals surface area (Å²) in [6, 6.07) is 7.87. The van der Waals surface area contributed by atoms with Crippen molar-refractivity contribution in [2.75, 3.05) is 23.9 Å². The molecule has 18 heavy (non-hydrogen) atoms. The Kier molecular flexibility index (Phi) is 4.24. The van der Waals surface area contributed by atoms with Crippen LogP contribution in [0.1, 0.15) is 18.4 Å². The van der Waals surface area contributed by atoms with Gasteiger partial charge >= 0.3 is 0 Å². The monoisotopic (exact) mass is 269 g/mol. The van der Waals surface area contributed by atoms with Gasteiger partial charge in [-0.3, -0.25) is 0 Å². The zero-order valence-electron chi connectivity index (χ0n) is 10.6. The van der Waals surface area contributed by atoms with E-state index in [0.29, 0.717) is 12.4 Å². The van der Waals surface area contributed by atoms with Gasteiger partial charge in [-0.15, -0.1) is 0 Å². The largest absolute Gasteiger partial charge is 0.381 e. The summed E-state index contributed by atoms with van der Waals surface area (Å²) in [5.74, 6) is 0.555. The second-order valence-corrected chi connectivity index (χ2v) is 6.92. The van der Waals surface area contributed by atoms with E-state index in [-0.39, 0.29) is 11.8 Å². The summed E-state index contributed by atoms with van der Waals surface area (Å²) >= 11 is 0. The molecule has 1 aliphatic heterocycles. The predicted octanol–water partition coefficient (Wildman–Crippen LogP) is 1.82. The highest BCUT2D eigenvalue weighted by Crippen LogP contribution is 2.21. The average molecular weight is 269 g/mol. The molecule has 1 saturated heterocycles. The summed E-state index contributed by atoms with van der Waals surface area (Å²) in [4.78, 5) is 0. The fraction of sp³-hybridized carbons (Fsp3) is 0.538. The average Bonchev–Trinajstić information content (AvgIpc) is 2.31. The summed E-state index contributed by atoms with van der Waals surface area (Å²) in [6.45, 7) is 0.530. The van der Waals surface area contributed by atoms with Crippen LogP contribution in [-0.4, -0.2) is 33.1 Å². The van der Waals surface area contributed by atoms with Crippen LogP contribution in [0.25, 0.3) is 0 Å². The Labute approximate surface area is 108 Å². The Morgan fingerprint density at radius 3 is 2.89 bits per heavy atom. The number of rotatable bonds is 4. The lowest BCUT2D eigenvalue weighted by molar-refractivity contribution is 0.185. The third-order valence-corrected chi connectivity index (χ3v) is 4.96. The molecule has 1 fully saturated rings. The van der Waals surface area contributed by atoms with Gasteiger partial charge in [0.05, 0.1) is 18.1 Å². The van der Waals surface area contributed by atoms with Gasteiger partial charge in [0.15, 0.2) is 9.84 Å². The lowest BCUT2D eigenvalue weighted by Crippen LogP contribution is -2.35. The standard InChI is InChI=1S/C13H19NO3S/c1-17-9-11-5-2-3-7-13(11)14-12-6-4-8-18(15,16)10-12/h2-3,5,7,12,14H,4,6,8-10H2,1H3. The Bertz CT molecular complexity index is 499. The van der Waals surface area contributed by atoms with Crippen LogP contribution in [0.5, 0.6) is 0 Å². The second-order valence-electron chi connectivity index (χ2n) is 4.69. The van der Waals surface area contributed by atoms with E-state index in [9.17, 15) is 8.42 Å². The molecule has 5 heteroatoms. The Morgan fingerprint density at radius 2 is 2.17 bits per heavy atom. The van der Waals surface area contributed by atoms with Crippen LogP contribution in [0, 0.1) is 0 Å². The smallest absolute Gasteiger partial charge is 0.152 e. The summed E-state index contributed by atoms with van der Waals surface area (Å²) in [5.41, 5.74) is 2.03. The Balaban J connectivity index is 2.09. The first kappa shape index (κ1) is 13.4. The number of para-hydroxylation sites is 1. The highest BCUT2D eigenvalue weighted by atomic mass is 32.2. The molecule has 4 nitrogen and oxygen atoms in total. The van der Waals surface area contributed by atoms with E-state index in [1.54, 1.807) is 7.11 Å². The fourth-order valence-corrected chi connectivity index (χ4v) is 3.94. The third-order valence-electron chi connectivity index (χ3n) is 3.14. The van der Waals surface area contributed by atoms with Crippen LogP contribution in [0.15, 0.2) is 24.3 Å². The van der Waals surface area contributed by atoms with E-state index in [1.807, 2.05) is 24.3 Å². The molecular formula is C13H19NO3S. The van der Waals surface area contributed by atoms with Gasteiger partial charge < -0.3 is 10.1 Å². The molecule has 0 radical (unpaired) electrons. The second kappa shape index (κ2) is 5.71. The topological polar surface area (TPSA) is 55.4 Å². The van der Waals surface area contributed by atoms with Crippen molar-refractivity contribution >= 4 is 15.5 Å². The van der Waals surface area contributed by atoms with Gasteiger partial charge in [0, 0.05) is 24.4 Å². The van der Waals surface area contributed by atoms with Crippen LogP contribution in [0.3, 0.4) is 0 Å². The molecule has 0 spiro atoms. The van der Waals surface area contributed by atoms with Crippen molar-refractivity contribution in [1.29, 1.82) is 0 Å². The number of benzene rings is 1. The molecule has 0 aromatic heterocycles. The van der Waals surface area contributed by atoms with Gasteiger partial charge in [-0.25, -0.2) is 8.42 Å². The first-order valence-electron chi connectivity index (χ1n) is 6.14. The highest BCUT2D eigenvalue weighted by Gasteiger charge is 2.24. The molecule has 0 amide bonds. The minimum absolute atomic E-state index is 0.0155. The van der Waals surface area contributed by atoms with Gasteiger partial charge in [-0.05, 0) is 18.9 Å². The number of nitrogens with one attached hydrogen (secondary N) is 1. The molecular weight excluding hydrogens is 250 g/mol. The van der Waals surface area contributed by atoms with Crippen molar-refractivity contribution in [2.24, 2.45) is 0 Å².